The van der Waals surface area contributed by atoms with Gasteiger partial charge in [0.2, 0.25) is 10.0 Å². The molecule has 40 heavy (non-hydrogen) atoms. The maximum Gasteiger partial charge on any atom is 0.264 e. The Morgan fingerprint density at radius 2 is 1.77 bits per heavy atom. The lowest BCUT2D eigenvalue weighted by Gasteiger charge is -2.30. The van der Waals surface area contributed by atoms with Gasteiger partial charge in [0.05, 0.1) is 18.0 Å². The van der Waals surface area contributed by atoms with Crippen LogP contribution in [0.2, 0.25) is 0 Å². The normalized spacial score (nSPS) is 23.1. The summed E-state index contributed by atoms with van der Waals surface area (Å²) in [6.45, 7) is 2.45. The van der Waals surface area contributed by atoms with Crippen LogP contribution in [0, 0.1) is 5.82 Å². The molecule has 1 saturated carbocycles. The summed E-state index contributed by atoms with van der Waals surface area (Å²) in [7, 11) is 0.185. The van der Waals surface area contributed by atoms with Crippen molar-refractivity contribution in [3.63, 3.8) is 0 Å². The lowest BCUT2D eigenvalue weighted by Crippen LogP contribution is -2.43. The molecule has 4 bridgehead atoms. The highest BCUT2D eigenvalue weighted by molar-refractivity contribution is 7.90. The molecule has 1 aromatic heterocycles. The van der Waals surface area contributed by atoms with Gasteiger partial charge in [0.25, 0.3) is 5.91 Å². The van der Waals surface area contributed by atoms with Crippen molar-refractivity contribution in [1.29, 1.82) is 0 Å². The number of aromatic nitrogens is 1. The molecule has 0 spiro atoms. The summed E-state index contributed by atoms with van der Waals surface area (Å²) in [4.78, 5) is 17.4. The van der Waals surface area contributed by atoms with Crippen molar-refractivity contribution in [3.8, 4) is 17.0 Å². The number of carbonyl (C=O) groups excluding carboxylic acids is 1. The third-order valence-corrected chi connectivity index (χ3v) is 10.0. The van der Waals surface area contributed by atoms with Gasteiger partial charge in [-0.15, -0.1) is 0 Å². The van der Waals surface area contributed by atoms with Gasteiger partial charge in [-0.1, -0.05) is 25.3 Å². The predicted molar refractivity (Wildman–Crippen MR) is 154 cm³/mol. The number of amides is 1. The zero-order valence-corrected chi connectivity index (χ0v) is 24.0. The minimum Gasteiger partial charge on any atom is -0.472 e. The van der Waals surface area contributed by atoms with Crippen LogP contribution < -0.4 is 9.46 Å². The van der Waals surface area contributed by atoms with Crippen LogP contribution in [0.1, 0.15) is 60.4 Å². The highest BCUT2D eigenvalue weighted by Crippen LogP contribution is 2.48. The van der Waals surface area contributed by atoms with Gasteiger partial charge in [0.15, 0.2) is 6.23 Å². The number of benzene rings is 2. The zero-order valence-electron chi connectivity index (χ0n) is 23.2. The Bertz CT molecular complexity index is 1550. The van der Waals surface area contributed by atoms with Crippen molar-refractivity contribution in [2.24, 2.45) is 0 Å². The third-order valence-electron chi connectivity index (χ3n) is 8.71. The molecule has 6 rings (SSSR count). The second-order valence-electron chi connectivity index (χ2n) is 11.5. The van der Waals surface area contributed by atoms with Crippen LogP contribution in [0.5, 0.6) is 5.75 Å². The Morgan fingerprint density at radius 1 is 0.975 bits per heavy atom. The maximum atomic E-state index is 14.6. The summed E-state index contributed by atoms with van der Waals surface area (Å²) in [6, 6.07) is 10.3. The van der Waals surface area contributed by atoms with E-state index in [-0.39, 0.29) is 17.8 Å². The quantitative estimate of drug-likeness (QED) is 0.464. The van der Waals surface area contributed by atoms with Crippen LogP contribution in [0.3, 0.4) is 0 Å². The standard InChI is InChI=1S/C30H37FN4O4S/c1-33-13-6-16-40(37,38)32-30(36)21-9-11-23-25(17-21)35-19-27(34(2)15-14-33)39-26-18-22(31)10-12-24(26)29(35)28(23)20-7-4-3-5-8-20/h9-12,17-18,20,27H,3-8,13-16,19H2,1-2H3,(H,32,36)/t27-/m0/s1. The van der Waals surface area contributed by atoms with Gasteiger partial charge in [-0.05, 0) is 75.6 Å². The molecule has 0 saturated heterocycles. The van der Waals surface area contributed by atoms with E-state index in [0.717, 1.165) is 47.8 Å². The Kier molecular flexibility index (Phi) is 7.35. The first-order valence-corrected chi connectivity index (χ1v) is 15.9. The first-order valence-electron chi connectivity index (χ1n) is 14.3. The Labute approximate surface area is 235 Å². The lowest BCUT2D eigenvalue weighted by atomic mass is 9.81. The molecular formula is C30H37FN4O4S. The van der Waals surface area contributed by atoms with E-state index in [2.05, 4.69) is 19.1 Å². The van der Waals surface area contributed by atoms with Crippen molar-refractivity contribution in [3.05, 3.63) is 53.3 Å². The molecule has 1 amide bonds. The molecule has 2 aromatic carbocycles. The lowest BCUT2D eigenvalue weighted by molar-refractivity contribution is 0.0300. The Balaban J connectivity index is 1.58. The molecule has 3 aromatic rings. The van der Waals surface area contributed by atoms with Crippen LogP contribution in [-0.2, 0) is 16.6 Å². The van der Waals surface area contributed by atoms with E-state index >= 15 is 0 Å². The molecular weight excluding hydrogens is 531 g/mol. The van der Waals surface area contributed by atoms with Gasteiger partial charge >= 0.3 is 0 Å². The fraction of sp³-hybridized carbons (Fsp3) is 0.500. The number of ether oxygens (including phenoxy) is 1. The second-order valence-corrected chi connectivity index (χ2v) is 13.4. The van der Waals surface area contributed by atoms with Gasteiger partial charge in [-0.25, -0.2) is 17.5 Å². The maximum absolute atomic E-state index is 14.6. The van der Waals surface area contributed by atoms with Crippen LogP contribution in [0.4, 0.5) is 4.39 Å². The van der Waals surface area contributed by atoms with Gasteiger partial charge < -0.3 is 14.2 Å². The van der Waals surface area contributed by atoms with Crippen LogP contribution >= 0.6 is 0 Å². The topological polar surface area (TPSA) is 83.9 Å². The predicted octanol–water partition coefficient (Wildman–Crippen LogP) is 4.54. The molecule has 214 valence electrons. The van der Waals surface area contributed by atoms with Crippen LogP contribution in [0.25, 0.3) is 22.2 Å². The molecule has 0 unspecified atom stereocenters. The Hall–Kier alpha value is -2.95. The van der Waals surface area contributed by atoms with E-state index in [9.17, 15) is 17.6 Å². The highest BCUT2D eigenvalue weighted by atomic mass is 32.2. The smallest absolute Gasteiger partial charge is 0.264 e. The zero-order chi connectivity index (χ0) is 28.0. The minimum atomic E-state index is -3.77. The molecule has 10 heteroatoms. The summed E-state index contributed by atoms with van der Waals surface area (Å²) >= 11 is 0. The summed E-state index contributed by atoms with van der Waals surface area (Å²) in [5.41, 5.74) is 4.23. The van der Waals surface area contributed by atoms with E-state index in [0.29, 0.717) is 49.8 Å². The number of sulfonamides is 1. The van der Waals surface area contributed by atoms with Crippen molar-refractivity contribution < 1.29 is 22.3 Å². The molecule has 8 nitrogen and oxygen atoms in total. The van der Waals surface area contributed by atoms with Crippen molar-refractivity contribution in [2.45, 2.75) is 57.2 Å². The second kappa shape index (κ2) is 10.8. The average molecular weight is 569 g/mol. The van der Waals surface area contributed by atoms with E-state index in [1.54, 1.807) is 18.2 Å². The number of nitrogens with zero attached hydrogens (tertiary/aromatic N) is 3. The third kappa shape index (κ3) is 5.24. The monoisotopic (exact) mass is 568 g/mol. The fourth-order valence-corrected chi connectivity index (χ4v) is 7.53. The largest absolute Gasteiger partial charge is 0.472 e. The van der Waals surface area contributed by atoms with Crippen molar-refractivity contribution >= 4 is 26.8 Å². The average Bonchev–Trinajstić information content (AvgIpc) is 3.14. The van der Waals surface area contributed by atoms with E-state index in [1.165, 1.54) is 24.1 Å². The van der Waals surface area contributed by atoms with E-state index in [4.69, 9.17) is 4.74 Å². The number of carbonyl (C=O) groups is 1. The van der Waals surface area contributed by atoms with Gasteiger partial charge in [0.1, 0.15) is 11.6 Å². The number of nitrogens with one attached hydrogen (secondary N) is 1. The number of likely N-dealkylation sites (N-methyl/N-ethyl adjacent to an activating group) is 2. The van der Waals surface area contributed by atoms with Gasteiger partial charge in [-0.3, -0.25) is 9.69 Å². The number of halogens is 1. The van der Waals surface area contributed by atoms with Crippen molar-refractivity contribution in [2.75, 3.05) is 39.5 Å². The van der Waals surface area contributed by atoms with Crippen LogP contribution in [-0.4, -0.2) is 74.4 Å². The molecule has 2 aliphatic heterocycles. The Morgan fingerprint density at radius 3 is 2.58 bits per heavy atom. The molecule has 1 atom stereocenters. The summed E-state index contributed by atoms with van der Waals surface area (Å²) in [5.74, 6) is -0.242. The number of rotatable bonds is 1. The first-order chi connectivity index (χ1) is 19.2. The SMILES string of the molecule is CN1CCCS(=O)(=O)NC(=O)c2ccc3c(C4CCCCC4)c4n(c3c2)C[C@H](Oc2cc(F)ccc2-4)N(C)CC1. The van der Waals surface area contributed by atoms with Crippen LogP contribution in [0.15, 0.2) is 36.4 Å². The molecule has 1 aliphatic carbocycles. The molecule has 1 N–H and O–H groups in total. The number of fused-ring (bicyclic) bond motifs is 4. The molecule has 3 aliphatic rings. The summed E-state index contributed by atoms with van der Waals surface area (Å²) < 4.78 is 51.1. The molecule has 3 heterocycles. The minimum absolute atomic E-state index is 0.125. The highest BCUT2D eigenvalue weighted by Gasteiger charge is 2.33. The summed E-state index contributed by atoms with van der Waals surface area (Å²) in [6.07, 6.45) is 5.71. The van der Waals surface area contributed by atoms with E-state index in [1.807, 2.05) is 20.2 Å². The first kappa shape index (κ1) is 27.2. The van der Waals surface area contributed by atoms with E-state index < -0.39 is 15.9 Å². The molecule has 0 radical (unpaired) electrons. The summed E-state index contributed by atoms with van der Waals surface area (Å²) in [5, 5.41) is 1.06. The van der Waals surface area contributed by atoms with Gasteiger partial charge in [-0.2, -0.15) is 0 Å². The molecule has 1 fully saturated rings. The van der Waals surface area contributed by atoms with Crippen molar-refractivity contribution in [1.82, 2.24) is 19.1 Å². The number of hydrogen-bond acceptors (Lipinski definition) is 6. The number of hydrogen-bond donors (Lipinski definition) is 1. The van der Waals surface area contributed by atoms with Gasteiger partial charge in [0, 0.05) is 41.2 Å². The fourth-order valence-electron chi connectivity index (χ4n) is 6.52.